The van der Waals surface area contributed by atoms with Gasteiger partial charge in [-0.3, -0.25) is 19.2 Å². The molecular formula is C30H31F4N5O4. The van der Waals surface area contributed by atoms with E-state index in [2.05, 4.69) is 24.3 Å². The van der Waals surface area contributed by atoms with E-state index in [0.717, 1.165) is 36.7 Å². The molecule has 2 heterocycles. The molecule has 2 aromatic carbocycles. The van der Waals surface area contributed by atoms with E-state index >= 15 is 0 Å². The third-order valence-corrected chi connectivity index (χ3v) is 7.89. The lowest BCUT2D eigenvalue weighted by Gasteiger charge is -2.32. The average Bonchev–Trinajstić information content (AvgIpc) is 3.58. The minimum atomic E-state index is -4.80. The highest BCUT2D eigenvalue weighted by atomic mass is 19.4. The molecule has 9 nitrogen and oxygen atoms in total. The number of nitrogens with zero attached hydrogens (tertiary/aromatic N) is 4. The van der Waals surface area contributed by atoms with Gasteiger partial charge in [-0.2, -0.15) is 18.3 Å². The molecule has 0 radical (unpaired) electrons. The number of amides is 4. The number of hydrogen-bond acceptors (Lipinski definition) is 5. The molecule has 1 saturated heterocycles. The highest BCUT2D eigenvalue weighted by Crippen LogP contribution is 2.47. The fourth-order valence-electron chi connectivity index (χ4n) is 5.62. The fraction of sp³-hybridized carbons (Fsp3) is 0.400. The molecule has 1 aliphatic heterocycles. The van der Waals surface area contributed by atoms with Gasteiger partial charge in [0.2, 0.25) is 5.91 Å². The van der Waals surface area contributed by atoms with Gasteiger partial charge >= 0.3 is 12.2 Å². The summed E-state index contributed by atoms with van der Waals surface area (Å²) in [6.45, 7) is 4.17. The molecule has 0 bridgehead atoms. The van der Waals surface area contributed by atoms with Crippen molar-refractivity contribution in [3.8, 4) is 11.1 Å². The van der Waals surface area contributed by atoms with Crippen molar-refractivity contribution in [1.82, 2.24) is 24.9 Å². The van der Waals surface area contributed by atoms with E-state index in [1.165, 1.54) is 12.1 Å². The highest BCUT2D eigenvalue weighted by Gasteiger charge is 2.58. The number of halogens is 4. The first-order valence-electron chi connectivity index (χ1n) is 13.8. The molecule has 1 aliphatic carbocycles. The van der Waals surface area contributed by atoms with Crippen LogP contribution >= 0.6 is 0 Å². The van der Waals surface area contributed by atoms with Crippen molar-refractivity contribution in [3.63, 3.8) is 0 Å². The van der Waals surface area contributed by atoms with Gasteiger partial charge in [0.05, 0.1) is 12.3 Å². The van der Waals surface area contributed by atoms with Gasteiger partial charge in [0.25, 0.3) is 5.91 Å². The Morgan fingerprint density at radius 2 is 1.84 bits per heavy atom. The van der Waals surface area contributed by atoms with Gasteiger partial charge in [0.15, 0.2) is 0 Å². The monoisotopic (exact) mass is 601 g/mol. The van der Waals surface area contributed by atoms with E-state index in [9.17, 15) is 37.1 Å². The first kappa shape index (κ1) is 30.2. The number of fused-ring (bicyclic) bond motifs is 2. The Morgan fingerprint density at radius 1 is 1.14 bits per heavy atom. The fourth-order valence-corrected chi connectivity index (χ4v) is 5.62. The van der Waals surface area contributed by atoms with Crippen LogP contribution in [0.3, 0.4) is 0 Å². The number of imide groups is 1. The molecule has 2 unspecified atom stereocenters. The predicted molar refractivity (Wildman–Crippen MR) is 146 cm³/mol. The molecule has 0 saturated carbocycles. The second kappa shape index (κ2) is 11.1. The van der Waals surface area contributed by atoms with Crippen molar-refractivity contribution >= 4 is 17.8 Å². The van der Waals surface area contributed by atoms with E-state index in [0.29, 0.717) is 26.8 Å². The summed E-state index contributed by atoms with van der Waals surface area (Å²) in [6, 6.07) is 6.48. The Labute approximate surface area is 245 Å². The number of urea groups is 1. The van der Waals surface area contributed by atoms with Crippen LogP contribution in [0.1, 0.15) is 50.0 Å². The van der Waals surface area contributed by atoms with Crippen molar-refractivity contribution in [2.24, 2.45) is 5.92 Å². The average molecular weight is 602 g/mol. The Balaban J connectivity index is 1.39. The molecule has 43 heavy (non-hydrogen) atoms. The zero-order valence-electron chi connectivity index (χ0n) is 23.7. The number of alkyl halides is 3. The summed E-state index contributed by atoms with van der Waals surface area (Å²) >= 11 is 0. The largest absolute Gasteiger partial charge is 0.408 e. The van der Waals surface area contributed by atoms with Crippen LogP contribution in [0.2, 0.25) is 0 Å². The second-order valence-corrected chi connectivity index (χ2v) is 11.5. The van der Waals surface area contributed by atoms with Crippen molar-refractivity contribution in [3.05, 3.63) is 77.4 Å². The predicted octanol–water partition coefficient (Wildman–Crippen LogP) is 4.51. The third kappa shape index (κ3) is 5.73. The summed E-state index contributed by atoms with van der Waals surface area (Å²) in [5, 5.41) is 17.9. The summed E-state index contributed by atoms with van der Waals surface area (Å²) < 4.78 is 56.3. The number of rotatable bonds is 8. The maximum absolute atomic E-state index is 13.7. The molecule has 1 spiro atoms. The van der Waals surface area contributed by atoms with Gasteiger partial charge in [-0.15, -0.1) is 0 Å². The number of nitrogens with one attached hydrogen (secondary N) is 1. The number of benzene rings is 2. The summed E-state index contributed by atoms with van der Waals surface area (Å²) in [4.78, 5) is 41.1. The van der Waals surface area contributed by atoms with Crippen LogP contribution < -0.4 is 5.32 Å². The van der Waals surface area contributed by atoms with Gasteiger partial charge < -0.3 is 15.3 Å². The van der Waals surface area contributed by atoms with Gasteiger partial charge in [0.1, 0.15) is 23.9 Å². The zero-order valence-corrected chi connectivity index (χ0v) is 23.7. The third-order valence-electron chi connectivity index (χ3n) is 7.89. The Hall–Kier alpha value is -4.26. The Kier molecular flexibility index (Phi) is 7.80. The molecule has 1 fully saturated rings. The molecule has 3 atom stereocenters. The molecule has 2 aliphatic rings. The smallest absolute Gasteiger partial charge is 0.388 e. The van der Waals surface area contributed by atoms with Crippen LogP contribution in [-0.2, 0) is 28.2 Å². The summed E-state index contributed by atoms with van der Waals surface area (Å²) in [5.74, 6) is -2.18. The molecule has 5 rings (SSSR count). The number of aromatic nitrogens is 2. The van der Waals surface area contributed by atoms with Crippen LogP contribution in [0.5, 0.6) is 0 Å². The van der Waals surface area contributed by atoms with Crippen LogP contribution in [0.25, 0.3) is 11.1 Å². The SMILES string of the molecule is CC(C)Cn1cc(-c2ccc3c(c2)C(O)CC32NC(=O)N(CC(=O)N(Cc3ccc(F)cc3)[C@@H](C)C(F)(F)F)C2=O)cn1. The van der Waals surface area contributed by atoms with Gasteiger partial charge in [-0.25, -0.2) is 9.18 Å². The van der Waals surface area contributed by atoms with Crippen molar-refractivity contribution < 1.29 is 37.1 Å². The number of carbonyl (C=O) groups is 3. The maximum atomic E-state index is 13.7. The number of carbonyl (C=O) groups excluding carboxylic acids is 3. The number of aliphatic hydroxyl groups is 1. The van der Waals surface area contributed by atoms with Crippen LogP contribution in [0.4, 0.5) is 22.4 Å². The van der Waals surface area contributed by atoms with Gasteiger partial charge in [-0.1, -0.05) is 38.1 Å². The first-order valence-corrected chi connectivity index (χ1v) is 13.8. The zero-order chi connectivity index (χ0) is 31.3. The second-order valence-electron chi connectivity index (χ2n) is 11.5. The topological polar surface area (TPSA) is 108 Å². The standard InChI is InChI=1S/C30H31F4N5O4/c1-17(2)13-37-15-21(12-35-37)20-6-9-24-23(10-20)25(40)11-29(24)27(42)39(28(43)36-29)16-26(41)38(18(3)30(32,33)34)14-19-4-7-22(31)8-5-19/h4-10,12,15,17-18,25,40H,11,13-14,16H2,1-3H3,(H,36,43)/t18-,25?,29?/m0/s1. The lowest BCUT2D eigenvalue weighted by atomic mass is 9.90. The minimum absolute atomic E-state index is 0.202. The van der Waals surface area contributed by atoms with E-state index in [1.54, 1.807) is 29.1 Å². The van der Waals surface area contributed by atoms with Crippen molar-refractivity contribution in [1.29, 1.82) is 0 Å². The highest BCUT2D eigenvalue weighted by molar-refractivity contribution is 6.10. The summed E-state index contributed by atoms with van der Waals surface area (Å²) in [7, 11) is 0. The molecule has 3 aromatic rings. The first-order chi connectivity index (χ1) is 20.2. The molecule has 2 N–H and O–H groups in total. The number of hydrogen-bond donors (Lipinski definition) is 2. The van der Waals surface area contributed by atoms with Gasteiger partial charge in [0, 0.05) is 31.3 Å². The molecule has 4 amide bonds. The van der Waals surface area contributed by atoms with Crippen molar-refractivity contribution in [2.45, 2.75) is 64.1 Å². The van der Waals surface area contributed by atoms with E-state index in [1.807, 2.05) is 6.20 Å². The molecule has 1 aromatic heterocycles. The lowest BCUT2D eigenvalue weighted by Crippen LogP contribution is -2.51. The normalized spacial score (nSPS) is 20.6. The Bertz CT molecular complexity index is 1550. The Morgan fingerprint density at radius 3 is 2.49 bits per heavy atom. The van der Waals surface area contributed by atoms with Gasteiger partial charge in [-0.05, 0) is 53.3 Å². The number of aliphatic hydroxyl groups excluding tert-OH is 1. The quantitative estimate of drug-likeness (QED) is 0.292. The van der Waals surface area contributed by atoms with Crippen LogP contribution in [-0.4, -0.2) is 61.3 Å². The van der Waals surface area contributed by atoms with E-state index in [-0.39, 0.29) is 12.0 Å². The van der Waals surface area contributed by atoms with Crippen LogP contribution in [0, 0.1) is 11.7 Å². The molecule has 228 valence electrons. The molecular weight excluding hydrogens is 570 g/mol. The lowest BCUT2D eigenvalue weighted by molar-refractivity contribution is -0.187. The van der Waals surface area contributed by atoms with E-state index < -0.39 is 60.6 Å². The van der Waals surface area contributed by atoms with Crippen molar-refractivity contribution in [2.75, 3.05) is 6.54 Å². The van der Waals surface area contributed by atoms with Crippen LogP contribution in [0.15, 0.2) is 54.9 Å². The summed E-state index contributed by atoms with van der Waals surface area (Å²) in [5.41, 5.74) is 0.858. The summed E-state index contributed by atoms with van der Waals surface area (Å²) in [6.07, 6.45) is -2.57. The van der Waals surface area contributed by atoms with E-state index in [4.69, 9.17) is 0 Å². The molecule has 13 heteroatoms. The minimum Gasteiger partial charge on any atom is -0.388 e. The maximum Gasteiger partial charge on any atom is 0.408 e.